The summed E-state index contributed by atoms with van der Waals surface area (Å²) >= 11 is 1.72. The van der Waals surface area contributed by atoms with E-state index < -0.39 is 0 Å². The van der Waals surface area contributed by atoms with E-state index in [2.05, 4.69) is 11.4 Å². The third-order valence-corrected chi connectivity index (χ3v) is 2.12. The zero-order valence-corrected chi connectivity index (χ0v) is 6.36. The lowest BCUT2D eigenvalue weighted by molar-refractivity contribution is -0.109. The molecular weight excluding hydrogens is 146 g/mol. The molecule has 0 radical (unpaired) electrons. The average molecular weight is 155 g/mol. The van der Waals surface area contributed by atoms with Gasteiger partial charge in [-0.3, -0.25) is 4.79 Å². The van der Waals surface area contributed by atoms with Crippen molar-refractivity contribution in [2.45, 2.75) is 6.42 Å². The van der Waals surface area contributed by atoms with Crippen molar-refractivity contribution < 1.29 is 4.79 Å². The predicted molar refractivity (Wildman–Crippen MR) is 42.1 cm³/mol. The molecule has 1 N–H and O–H groups in total. The van der Waals surface area contributed by atoms with Crippen LogP contribution in [0.3, 0.4) is 0 Å². The van der Waals surface area contributed by atoms with Gasteiger partial charge in [-0.15, -0.1) is 11.3 Å². The number of nitrogens with one attached hydrogen (secondary N) is 1. The summed E-state index contributed by atoms with van der Waals surface area (Å²) in [6.45, 7) is 0.740. The molecule has 0 bridgehead atoms. The Balaban J connectivity index is 2.21. The van der Waals surface area contributed by atoms with Crippen LogP contribution in [0.2, 0.25) is 0 Å². The molecule has 0 aliphatic heterocycles. The second-order valence-electron chi connectivity index (χ2n) is 1.90. The Morgan fingerprint density at radius 3 is 3.20 bits per heavy atom. The van der Waals surface area contributed by atoms with E-state index in [9.17, 15) is 4.79 Å². The van der Waals surface area contributed by atoms with Crippen LogP contribution in [0.25, 0.3) is 0 Å². The summed E-state index contributed by atoms with van der Waals surface area (Å²) in [5, 5.41) is 4.65. The first-order valence-electron chi connectivity index (χ1n) is 3.13. The molecular formula is C7H9NOS. The van der Waals surface area contributed by atoms with Gasteiger partial charge in [0.25, 0.3) is 0 Å². The maximum absolute atomic E-state index is 9.83. The Morgan fingerprint density at radius 2 is 2.60 bits per heavy atom. The van der Waals surface area contributed by atoms with Gasteiger partial charge in [-0.25, -0.2) is 0 Å². The first kappa shape index (κ1) is 7.28. The van der Waals surface area contributed by atoms with Gasteiger partial charge in [0, 0.05) is 11.4 Å². The van der Waals surface area contributed by atoms with E-state index in [1.54, 1.807) is 11.3 Å². The zero-order valence-electron chi connectivity index (χ0n) is 5.54. The fraction of sp³-hybridized carbons (Fsp3) is 0.286. The minimum Gasteiger partial charge on any atom is -0.358 e. The highest BCUT2D eigenvalue weighted by atomic mass is 32.1. The van der Waals surface area contributed by atoms with Crippen molar-refractivity contribution in [3.05, 3.63) is 22.4 Å². The predicted octanol–water partition coefficient (Wildman–Crippen LogP) is 1.04. The molecule has 3 heteroatoms. The van der Waals surface area contributed by atoms with E-state index in [0.717, 1.165) is 19.4 Å². The van der Waals surface area contributed by atoms with Crippen LogP contribution in [0.15, 0.2) is 17.5 Å². The maximum Gasteiger partial charge on any atom is 0.207 e. The number of hydrogen-bond donors (Lipinski definition) is 1. The molecule has 1 rings (SSSR count). The smallest absolute Gasteiger partial charge is 0.207 e. The summed E-state index contributed by atoms with van der Waals surface area (Å²) in [5.41, 5.74) is 0. The van der Waals surface area contributed by atoms with Gasteiger partial charge < -0.3 is 5.32 Å². The normalized spacial score (nSPS) is 9.20. The summed E-state index contributed by atoms with van der Waals surface area (Å²) in [5.74, 6) is 0. The highest BCUT2D eigenvalue weighted by Gasteiger charge is 1.90. The summed E-state index contributed by atoms with van der Waals surface area (Å²) in [4.78, 5) is 11.1. The van der Waals surface area contributed by atoms with Gasteiger partial charge in [-0.1, -0.05) is 6.07 Å². The number of amides is 1. The summed E-state index contributed by atoms with van der Waals surface area (Å²) < 4.78 is 0. The van der Waals surface area contributed by atoms with Crippen molar-refractivity contribution in [3.8, 4) is 0 Å². The van der Waals surface area contributed by atoms with Crippen molar-refractivity contribution in [1.82, 2.24) is 5.32 Å². The lowest BCUT2D eigenvalue weighted by Gasteiger charge is -1.93. The fourth-order valence-electron chi connectivity index (χ4n) is 0.709. The van der Waals surface area contributed by atoms with Crippen LogP contribution >= 0.6 is 11.3 Å². The van der Waals surface area contributed by atoms with Gasteiger partial charge in [0.15, 0.2) is 0 Å². The number of thiophene rings is 1. The molecule has 0 unspecified atom stereocenters. The second-order valence-corrected chi connectivity index (χ2v) is 2.93. The second kappa shape index (κ2) is 4.06. The Morgan fingerprint density at radius 1 is 1.70 bits per heavy atom. The lowest BCUT2D eigenvalue weighted by Crippen LogP contribution is -2.13. The fourth-order valence-corrected chi connectivity index (χ4v) is 1.42. The molecule has 1 aromatic rings. The van der Waals surface area contributed by atoms with Crippen molar-refractivity contribution in [3.63, 3.8) is 0 Å². The van der Waals surface area contributed by atoms with E-state index in [0.29, 0.717) is 0 Å². The average Bonchev–Trinajstić information content (AvgIpc) is 2.41. The number of carbonyl (C=O) groups is 1. The van der Waals surface area contributed by atoms with Crippen LogP contribution in [0.1, 0.15) is 4.88 Å². The summed E-state index contributed by atoms with van der Waals surface area (Å²) in [7, 11) is 0. The third kappa shape index (κ3) is 2.19. The van der Waals surface area contributed by atoms with Gasteiger partial charge in [0.05, 0.1) is 0 Å². The Hall–Kier alpha value is -0.830. The third-order valence-electron chi connectivity index (χ3n) is 1.18. The summed E-state index contributed by atoms with van der Waals surface area (Å²) in [6.07, 6.45) is 1.67. The maximum atomic E-state index is 9.83. The molecule has 1 amide bonds. The molecule has 10 heavy (non-hydrogen) atoms. The first-order chi connectivity index (χ1) is 4.93. The Bertz CT molecular complexity index is 183. The van der Waals surface area contributed by atoms with Gasteiger partial charge in [-0.05, 0) is 17.9 Å². The van der Waals surface area contributed by atoms with Crippen LogP contribution in [0, 0.1) is 0 Å². The number of carbonyl (C=O) groups excluding carboxylic acids is 1. The topological polar surface area (TPSA) is 29.1 Å². The van der Waals surface area contributed by atoms with Gasteiger partial charge in [0.2, 0.25) is 6.41 Å². The minimum atomic E-state index is 0.730. The highest BCUT2D eigenvalue weighted by molar-refractivity contribution is 7.09. The molecule has 0 saturated carbocycles. The minimum absolute atomic E-state index is 0.730. The molecule has 0 aliphatic rings. The van der Waals surface area contributed by atoms with Gasteiger partial charge in [0.1, 0.15) is 0 Å². The number of hydrogen-bond acceptors (Lipinski definition) is 2. The van der Waals surface area contributed by atoms with Crippen molar-refractivity contribution in [1.29, 1.82) is 0 Å². The monoisotopic (exact) mass is 155 g/mol. The van der Waals surface area contributed by atoms with Crippen LogP contribution in [-0.4, -0.2) is 13.0 Å². The molecule has 0 spiro atoms. The standard InChI is InChI=1S/C7H9NOS/c9-6-8-4-3-7-2-1-5-10-7/h1-2,5-6H,3-4H2,(H,8,9). The number of rotatable bonds is 4. The molecule has 0 aliphatic carbocycles. The molecule has 54 valence electrons. The van der Waals surface area contributed by atoms with E-state index >= 15 is 0 Å². The largest absolute Gasteiger partial charge is 0.358 e. The molecule has 1 aromatic heterocycles. The van der Waals surface area contributed by atoms with E-state index in [1.807, 2.05) is 11.4 Å². The molecule has 0 aromatic carbocycles. The van der Waals surface area contributed by atoms with Crippen LogP contribution in [-0.2, 0) is 11.2 Å². The molecule has 0 saturated heterocycles. The SMILES string of the molecule is O=CNCCc1cccs1. The van der Waals surface area contributed by atoms with Crippen LogP contribution < -0.4 is 5.32 Å². The Kier molecular flexibility index (Phi) is 2.96. The molecule has 0 fully saturated rings. The van der Waals surface area contributed by atoms with Crippen molar-refractivity contribution in [2.75, 3.05) is 6.54 Å². The van der Waals surface area contributed by atoms with Crippen LogP contribution in [0.5, 0.6) is 0 Å². The highest BCUT2D eigenvalue weighted by Crippen LogP contribution is 2.07. The van der Waals surface area contributed by atoms with Crippen LogP contribution in [0.4, 0.5) is 0 Å². The van der Waals surface area contributed by atoms with E-state index in [-0.39, 0.29) is 0 Å². The first-order valence-corrected chi connectivity index (χ1v) is 4.01. The lowest BCUT2D eigenvalue weighted by atomic mass is 10.3. The molecule has 2 nitrogen and oxygen atoms in total. The van der Waals surface area contributed by atoms with Crippen molar-refractivity contribution in [2.24, 2.45) is 0 Å². The van der Waals surface area contributed by atoms with Gasteiger partial charge in [-0.2, -0.15) is 0 Å². The quantitative estimate of drug-likeness (QED) is 0.511. The van der Waals surface area contributed by atoms with Gasteiger partial charge >= 0.3 is 0 Å². The van der Waals surface area contributed by atoms with Crippen molar-refractivity contribution >= 4 is 17.7 Å². The molecule has 1 heterocycles. The molecule has 0 atom stereocenters. The Labute approximate surface area is 63.9 Å². The van der Waals surface area contributed by atoms with E-state index in [4.69, 9.17) is 0 Å². The zero-order chi connectivity index (χ0) is 7.23. The summed E-state index contributed by atoms with van der Waals surface area (Å²) in [6, 6.07) is 4.08. The van der Waals surface area contributed by atoms with E-state index in [1.165, 1.54) is 4.88 Å².